The van der Waals surface area contributed by atoms with E-state index in [4.69, 9.17) is 6.57 Å². The molecule has 0 bridgehead atoms. The summed E-state index contributed by atoms with van der Waals surface area (Å²) in [5.41, 5.74) is 0.230. The quantitative estimate of drug-likeness (QED) is 0.791. The molecule has 7 nitrogen and oxygen atoms in total. The number of piperazine rings is 1. The molecule has 1 aliphatic rings. The molecule has 0 aliphatic carbocycles. The maximum atomic E-state index is 14.0. The third-order valence-corrected chi connectivity index (χ3v) is 5.12. The van der Waals surface area contributed by atoms with Crippen molar-refractivity contribution < 1.29 is 13.2 Å². The first-order chi connectivity index (χ1) is 13.8. The van der Waals surface area contributed by atoms with Crippen molar-refractivity contribution in [2.45, 2.75) is 38.5 Å². The van der Waals surface area contributed by atoms with E-state index in [-0.39, 0.29) is 36.9 Å². The van der Waals surface area contributed by atoms with Gasteiger partial charge in [0.15, 0.2) is 0 Å². The summed E-state index contributed by atoms with van der Waals surface area (Å²) in [6.07, 6.45) is -1.17. The highest BCUT2D eigenvalue weighted by Crippen LogP contribution is 2.40. The van der Waals surface area contributed by atoms with Crippen LogP contribution in [0.15, 0.2) is 29.3 Å². The highest BCUT2D eigenvalue weighted by atomic mass is 19.4. The lowest BCUT2D eigenvalue weighted by Gasteiger charge is -2.45. The minimum atomic E-state index is -4.46. The number of aryl methyl sites for hydroxylation is 1. The van der Waals surface area contributed by atoms with Crippen LogP contribution in [-0.4, -0.2) is 51.9 Å². The van der Waals surface area contributed by atoms with E-state index in [1.807, 2.05) is 0 Å². The Bertz CT molecular complexity index is 967. The van der Waals surface area contributed by atoms with E-state index in [1.165, 1.54) is 29.4 Å². The first kappa shape index (κ1) is 20.8. The SMILES string of the molecule is [C-]#[N+]c1c(N2CCN(C(c3cccnc3CC)C(F)(F)F)C[C@H]2C)cn[nH]c1=O. The van der Waals surface area contributed by atoms with E-state index in [9.17, 15) is 18.0 Å². The standard InChI is InChI=1S/C19H21F3N6O/c1-4-14-13(6-5-7-24-14)17(19(20,21)22)27-8-9-28(12(2)11-27)15-10-25-26-18(29)16(15)23-3/h5-7,10,12,17H,4,8-9,11H2,1-2H3,(H,26,29)/t12-,17?/m1/s1. The Morgan fingerprint density at radius 3 is 2.79 bits per heavy atom. The summed E-state index contributed by atoms with van der Waals surface area (Å²) in [5.74, 6) is 0. The van der Waals surface area contributed by atoms with Crippen molar-refractivity contribution in [1.82, 2.24) is 20.1 Å². The lowest BCUT2D eigenvalue weighted by Crippen LogP contribution is -2.55. The monoisotopic (exact) mass is 406 g/mol. The number of nitrogens with zero attached hydrogens (tertiary/aromatic N) is 5. The van der Waals surface area contributed by atoms with Gasteiger partial charge in [-0.25, -0.2) is 4.85 Å². The van der Waals surface area contributed by atoms with Gasteiger partial charge in [-0.2, -0.15) is 18.3 Å². The van der Waals surface area contributed by atoms with Crippen molar-refractivity contribution in [3.63, 3.8) is 0 Å². The number of rotatable bonds is 4. The van der Waals surface area contributed by atoms with Crippen molar-refractivity contribution in [2.24, 2.45) is 0 Å². The topological polar surface area (TPSA) is 69.5 Å². The molecule has 2 atom stereocenters. The Balaban J connectivity index is 1.92. The zero-order valence-corrected chi connectivity index (χ0v) is 16.1. The van der Waals surface area contributed by atoms with Crippen LogP contribution >= 0.6 is 0 Å². The van der Waals surface area contributed by atoms with Gasteiger partial charge in [0.25, 0.3) is 11.2 Å². The fraction of sp³-hybridized carbons (Fsp3) is 0.474. The number of hydrogen-bond acceptors (Lipinski definition) is 5. The number of alkyl halides is 3. The Kier molecular flexibility index (Phi) is 5.88. The highest BCUT2D eigenvalue weighted by Gasteiger charge is 2.47. The Labute approximate surface area is 166 Å². The van der Waals surface area contributed by atoms with Crippen LogP contribution in [0.4, 0.5) is 24.5 Å². The fourth-order valence-corrected chi connectivity index (χ4v) is 3.85. The summed E-state index contributed by atoms with van der Waals surface area (Å²) in [4.78, 5) is 22.4. The van der Waals surface area contributed by atoms with Crippen LogP contribution < -0.4 is 10.5 Å². The Hall–Kier alpha value is -2.93. The zero-order chi connectivity index (χ0) is 21.2. The molecule has 10 heteroatoms. The fourth-order valence-electron chi connectivity index (χ4n) is 3.85. The first-order valence-corrected chi connectivity index (χ1v) is 9.24. The van der Waals surface area contributed by atoms with E-state index < -0.39 is 17.8 Å². The van der Waals surface area contributed by atoms with Gasteiger partial charge in [0.2, 0.25) is 0 Å². The molecule has 3 rings (SSSR count). The van der Waals surface area contributed by atoms with Gasteiger partial charge in [-0.05, 0) is 25.0 Å². The maximum absolute atomic E-state index is 14.0. The maximum Gasteiger partial charge on any atom is 0.408 e. The third-order valence-electron chi connectivity index (χ3n) is 5.12. The molecule has 1 unspecified atom stereocenters. The predicted octanol–water partition coefficient (Wildman–Crippen LogP) is 3.09. The lowest BCUT2D eigenvalue weighted by atomic mass is 9.99. The average molecular weight is 406 g/mol. The number of nitrogens with one attached hydrogen (secondary N) is 1. The number of anilines is 1. The normalized spacial score (nSPS) is 19.0. The summed E-state index contributed by atoms with van der Waals surface area (Å²) in [6.45, 7) is 11.3. The molecule has 0 saturated carbocycles. The molecule has 1 N–H and O–H groups in total. The van der Waals surface area contributed by atoms with Gasteiger partial charge < -0.3 is 4.90 Å². The second-order valence-corrected chi connectivity index (χ2v) is 6.92. The third kappa shape index (κ3) is 4.10. The molecule has 154 valence electrons. The molecule has 29 heavy (non-hydrogen) atoms. The van der Waals surface area contributed by atoms with Crippen LogP contribution in [0.3, 0.4) is 0 Å². The van der Waals surface area contributed by atoms with Crippen LogP contribution in [0.1, 0.15) is 31.1 Å². The Morgan fingerprint density at radius 2 is 2.17 bits per heavy atom. The van der Waals surface area contributed by atoms with Crippen LogP contribution in [0.25, 0.3) is 4.85 Å². The van der Waals surface area contributed by atoms with Gasteiger partial charge in [-0.3, -0.25) is 19.8 Å². The summed E-state index contributed by atoms with van der Waals surface area (Å²) in [6, 6.07) is 0.906. The van der Waals surface area contributed by atoms with E-state index >= 15 is 0 Å². The molecule has 2 aromatic rings. The second-order valence-electron chi connectivity index (χ2n) is 6.92. The molecule has 1 fully saturated rings. The van der Waals surface area contributed by atoms with Crippen molar-refractivity contribution in [1.29, 1.82) is 0 Å². The van der Waals surface area contributed by atoms with Crippen molar-refractivity contribution in [3.05, 3.63) is 57.6 Å². The van der Waals surface area contributed by atoms with E-state index in [0.29, 0.717) is 17.8 Å². The van der Waals surface area contributed by atoms with E-state index in [2.05, 4.69) is 20.0 Å². The molecular formula is C19H21F3N6O. The first-order valence-electron chi connectivity index (χ1n) is 9.24. The summed E-state index contributed by atoms with van der Waals surface area (Å²) in [5, 5.41) is 5.96. The summed E-state index contributed by atoms with van der Waals surface area (Å²) in [7, 11) is 0. The molecule has 1 aliphatic heterocycles. The molecule has 0 aromatic carbocycles. The number of hydrogen-bond donors (Lipinski definition) is 1. The lowest BCUT2D eigenvalue weighted by molar-refractivity contribution is -0.188. The van der Waals surface area contributed by atoms with Gasteiger partial charge in [-0.15, -0.1) is 0 Å². The number of aromatic nitrogens is 3. The van der Waals surface area contributed by atoms with Crippen LogP contribution in [0.5, 0.6) is 0 Å². The number of aromatic amines is 1. The minimum absolute atomic E-state index is 0.104. The van der Waals surface area contributed by atoms with Gasteiger partial charge >= 0.3 is 6.18 Å². The van der Waals surface area contributed by atoms with E-state index in [1.54, 1.807) is 18.7 Å². The molecule has 1 saturated heterocycles. The van der Waals surface area contributed by atoms with Gasteiger partial charge in [0, 0.05) is 37.6 Å². The van der Waals surface area contributed by atoms with Crippen LogP contribution in [-0.2, 0) is 6.42 Å². The number of pyridine rings is 1. The van der Waals surface area contributed by atoms with Gasteiger partial charge in [0.05, 0.1) is 18.5 Å². The van der Waals surface area contributed by atoms with Crippen molar-refractivity contribution in [3.8, 4) is 0 Å². The van der Waals surface area contributed by atoms with Crippen molar-refractivity contribution >= 4 is 11.4 Å². The average Bonchev–Trinajstić information content (AvgIpc) is 2.67. The van der Waals surface area contributed by atoms with Crippen LogP contribution in [0.2, 0.25) is 0 Å². The van der Waals surface area contributed by atoms with Crippen molar-refractivity contribution in [2.75, 3.05) is 24.5 Å². The molecule has 2 aromatic heterocycles. The summed E-state index contributed by atoms with van der Waals surface area (Å²) < 4.78 is 42.1. The van der Waals surface area contributed by atoms with E-state index in [0.717, 1.165) is 0 Å². The predicted molar refractivity (Wildman–Crippen MR) is 102 cm³/mol. The molecule has 3 heterocycles. The largest absolute Gasteiger partial charge is 0.408 e. The minimum Gasteiger partial charge on any atom is -0.374 e. The molecule has 0 spiro atoms. The van der Waals surface area contributed by atoms with Gasteiger partial charge in [0.1, 0.15) is 6.04 Å². The second kappa shape index (κ2) is 8.21. The zero-order valence-electron chi connectivity index (χ0n) is 16.1. The molecule has 0 amide bonds. The molecule has 0 radical (unpaired) electrons. The highest BCUT2D eigenvalue weighted by molar-refractivity contribution is 5.69. The number of H-pyrrole nitrogens is 1. The van der Waals surface area contributed by atoms with Gasteiger partial charge in [-0.1, -0.05) is 13.0 Å². The van der Waals surface area contributed by atoms with Crippen LogP contribution in [0, 0.1) is 6.57 Å². The number of halogens is 3. The molecular weight excluding hydrogens is 385 g/mol. The summed E-state index contributed by atoms with van der Waals surface area (Å²) >= 11 is 0. The smallest absolute Gasteiger partial charge is 0.374 e. The Morgan fingerprint density at radius 1 is 1.41 bits per heavy atom.